The number of hydrogen-bond donors (Lipinski definition) is 0. The Morgan fingerprint density at radius 3 is 2.11 bits per heavy atom. The zero-order chi connectivity index (χ0) is 19.6. The predicted molar refractivity (Wildman–Crippen MR) is 111 cm³/mol. The van der Waals surface area contributed by atoms with Gasteiger partial charge in [0.15, 0.2) is 0 Å². The molecular formula is C25H32F2U. The van der Waals surface area contributed by atoms with Crippen LogP contribution >= 0.6 is 0 Å². The molecule has 3 rings (SSSR count). The van der Waals surface area contributed by atoms with Crippen molar-refractivity contribution in [2.45, 2.75) is 71.1 Å². The SMILES string of the molecule is CCCC1CCC(c2ccc(-c3cc[c-]c(F)c3F)cc2)CC1.[CH2-]CCC.[U+2]. The van der Waals surface area contributed by atoms with Crippen molar-refractivity contribution in [3.8, 4) is 11.1 Å². The summed E-state index contributed by atoms with van der Waals surface area (Å²) in [5, 5.41) is 0. The van der Waals surface area contributed by atoms with Crippen molar-refractivity contribution < 1.29 is 39.9 Å². The molecule has 1 aliphatic rings. The molecule has 0 aromatic heterocycles. The molecule has 0 unspecified atom stereocenters. The van der Waals surface area contributed by atoms with Crippen molar-refractivity contribution in [3.05, 3.63) is 66.6 Å². The zero-order valence-electron chi connectivity index (χ0n) is 17.2. The number of halogens is 2. The Labute approximate surface area is 193 Å². The molecule has 0 radical (unpaired) electrons. The second-order valence-corrected chi connectivity index (χ2v) is 7.50. The quantitative estimate of drug-likeness (QED) is 0.301. The summed E-state index contributed by atoms with van der Waals surface area (Å²) < 4.78 is 27.2. The van der Waals surface area contributed by atoms with Gasteiger partial charge in [0.25, 0.3) is 0 Å². The van der Waals surface area contributed by atoms with Crippen LogP contribution < -0.4 is 0 Å². The van der Waals surface area contributed by atoms with E-state index in [1.165, 1.54) is 56.6 Å². The van der Waals surface area contributed by atoms with Gasteiger partial charge in [-0.05, 0) is 48.6 Å². The molecule has 2 aromatic rings. The molecule has 1 saturated carbocycles. The van der Waals surface area contributed by atoms with Crippen molar-refractivity contribution >= 4 is 0 Å². The molecule has 1 aliphatic carbocycles. The van der Waals surface area contributed by atoms with E-state index < -0.39 is 11.6 Å². The number of benzene rings is 2. The van der Waals surface area contributed by atoms with Crippen molar-refractivity contribution in [2.24, 2.45) is 5.92 Å². The minimum atomic E-state index is -0.916. The van der Waals surface area contributed by atoms with Gasteiger partial charge in [0.1, 0.15) is 0 Å². The second-order valence-electron chi connectivity index (χ2n) is 7.50. The molecular weight excluding hydrogens is 576 g/mol. The van der Waals surface area contributed by atoms with Gasteiger partial charge in [0.05, 0.1) is 5.82 Å². The fourth-order valence-corrected chi connectivity index (χ4v) is 3.80. The Balaban J connectivity index is 0.000000717. The Morgan fingerprint density at radius 2 is 1.57 bits per heavy atom. The first-order valence-corrected chi connectivity index (χ1v) is 10.4. The maximum Gasteiger partial charge on any atom is 2.00 e. The van der Waals surface area contributed by atoms with Gasteiger partial charge in [-0.3, -0.25) is 4.39 Å². The van der Waals surface area contributed by atoms with E-state index in [1.54, 1.807) is 6.07 Å². The van der Waals surface area contributed by atoms with Crippen LogP contribution in [0.5, 0.6) is 0 Å². The summed E-state index contributed by atoms with van der Waals surface area (Å²) in [4.78, 5) is 0. The first-order chi connectivity index (χ1) is 13.1. The van der Waals surface area contributed by atoms with Crippen LogP contribution in [0.4, 0.5) is 8.78 Å². The van der Waals surface area contributed by atoms with Gasteiger partial charge in [0.2, 0.25) is 0 Å². The summed E-state index contributed by atoms with van der Waals surface area (Å²) in [7, 11) is 0. The largest absolute Gasteiger partial charge is 2.00 e. The summed E-state index contributed by atoms with van der Waals surface area (Å²) >= 11 is 0. The van der Waals surface area contributed by atoms with Crippen molar-refractivity contribution in [3.63, 3.8) is 0 Å². The van der Waals surface area contributed by atoms with E-state index in [4.69, 9.17) is 0 Å². The van der Waals surface area contributed by atoms with Crippen LogP contribution in [0.15, 0.2) is 36.4 Å². The van der Waals surface area contributed by atoms with E-state index in [-0.39, 0.29) is 31.1 Å². The fourth-order valence-electron chi connectivity index (χ4n) is 3.80. The van der Waals surface area contributed by atoms with E-state index >= 15 is 0 Å². The van der Waals surface area contributed by atoms with E-state index in [1.807, 2.05) is 12.1 Å². The third kappa shape index (κ3) is 7.31. The summed E-state index contributed by atoms with van der Waals surface area (Å²) in [6.45, 7) is 7.98. The molecule has 150 valence electrons. The molecule has 0 heterocycles. The summed E-state index contributed by atoms with van der Waals surface area (Å²) in [6, 6.07) is 13.2. The molecule has 0 amide bonds. The average Bonchev–Trinajstić information content (AvgIpc) is 2.71. The van der Waals surface area contributed by atoms with Gasteiger partial charge in [-0.2, -0.15) is 18.6 Å². The topological polar surface area (TPSA) is 0 Å². The Hall–Kier alpha value is -0.648. The van der Waals surface area contributed by atoms with E-state index in [0.29, 0.717) is 11.5 Å². The average molecular weight is 609 g/mol. The minimum Gasteiger partial charge on any atom is -0.343 e. The minimum absolute atomic E-state index is 0. The standard InChI is InChI=1S/C21H23F2.C4H9.U/c1-2-4-15-7-9-16(10-8-15)17-11-13-18(14-12-17)19-5-3-6-20(22)21(19)23;1-3-4-2;/h3,5,11-16H,2,4,7-10H2,1H3;1,3-4H2,2H3;/q2*-1;+2. The van der Waals surface area contributed by atoms with Gasteiger partial charge in [-0.1, -0.05) is 62.9 Å². The van der Waals surface area contributed by atoms with Gasteiger partial charge in [-0.25, -0.2) is 4.39 Å². The number of unbranched alkanes of at least 4 members (excludes halogenated alkanes) is 1. The fraction of sp³-hybridized carbons (Fsp3) is 0.480. The molecule has 0 aliphatic heterocycles. The first-order valence-electron chi connectivity index (χ1n) is 10.4. The van der Waals surface area contributed by atoms with Gasteiger partial charge < -0.3 is 6.92 Å². The van der Waals surface area contributed by atoms with Crippen LogP contribution in [-0.2, 0) is 0 Å². The summed E-state index contributed by atoms with van der Waals surface area (Å²) in [5.41, 5.74) is 2.35. The van der Waals surface area contributed by atoms with Crippen LogP contribution in [-0.4, -0.2) is 0 Å². The Bertz CT molecular complexity index is 671. The third-order valence-corrected chi connectivity index (χ3v) is 5.48. The van der Waals surface area contributed by atoms with Crippen molar-refractivity contribution in [1.29, 1.82) is 0 Å². The molecule has 28 heavy (non-hydrogen) atoms. The molecule has 0 bridgehead atoms. The molecule has 0 N–H and O–H groups in total. The first kappa shape index (κ1) is 25.4. The van der Waals surface area contributed by atoms with Crippen LogP contribution in [0.1, 0.15) is 76.7 Å². The van der Waals surface area contributed by atoms with Crippen LogP contribution in [0.2, 0.25) is 0 Å². The molecule has 0 nitrogen and oxygen atoms in total. The van der Waals surface area contributed by atoms with Gasteiger partial charge in [0, 0.05) is 5.82 Å². The number of rotatable bonds is 5. The van der Waals surface area contributed by atoms with Crippen molar-refractivity contribution in [1.82, 2.24) is 0 Å². The zero-order valence-corrected chi connectivity index (χ0v) is 21.4. The van der Waals surface area contributed by atoms with E-state index in [2.05, 4.69) is 39.0 Å². The second kappa shape index (κ2) is 13.6. The molecule has 2 aromatic carbocycles. The maximum absolute atomic E-state index is 13.9. The normalized spacial score (nSPS) is 18.6. The van der Waals surface area contributed by atoms with Gasteiger partial charge >= 0.3 is 31.1 Å². The van der Waals surface area contributed by atoms with E-state index in [9.17, 15) is 8.78 Å². The Kier molecular flexibility index (Phi) is 12.3. The summed E-state index contributed by atoms with van der Waals surface area (Å²) in [5.74, 6) is -0.225. The Morgan fingerprint density at radius 1 is 0.964 bits per heavy atom. The monoisotopic (exact) mass is 608 g/mol. The summed E-state index contributed by atoms with van der Waals surface area (Å²) in [6.07, 6.45) is 10.0. The smallest absolute Gasteiger partial charge is 0.343 e. The molecule has 0 saturated heterocycles. The molecule has 1 fully saturated rings. The molecule has 3 heteroatoms. The van der Waals surface area contributed by atoms with Crippen LogP contribution in [0, 0.1) is 61.7 Å². The predicted octanol–water partition coefficient (Wildman–Crippen LogP) is 8.13. The number of hydrogen-bond acceptors (Lipinski definition) is 0. The molecule has 0 atom stereocenters. The van der Waals surface area contributed by atoms with E-state index in [0.717, 1.165) is 17.9 Å². The van der Waals surface area contributed by atoms with Crippen LogP contribution in [0.25, 0.3) is 11.1 Å². The van der Waals surface area contributed by atoms with Crippen LogP contribution in [0.3, 0.4) is 0 Å². The molecule has 0 spiro atoms. The van der Waals surface area contributed by atoms with Gasteiger partial charge in [-0.15, -0.1) is 6.07 Å². The van der Waals surface area contributed by atoms with Crippen molar-refractivity contribution in [2.75, 3.05) is 0 Å². The third-order valence-electron chi connectivity index (χ3n) is 5.48. The maximum atomic E-state index is 13.9.